The van der Waals surface area contributed by atoms with Gasteiger partial charge in [-0.25, -0.2) is 9.50 Å². The van der Waals surface area contributed by atoms with Crippen molar-refractivity contribution >= 4 is 21.7 Å². The average molecular weight is 228 g/mol. The molecule has 0 saturated carbocycles. The number of hydrogen-bond donors (Lipinski definition) is 0. The van der Waals surface area contributed by atoms with Gasteiger partial charge in [-0.15, -0.1) is 0 Å². The summed E-state index contributed by atoms with van der Waals surface area (Å²) in [6.45, 7) is 1.74. The molecule has 0 bridgehead atoms. The Morgan fingerprint density at radius 3 is 3.08 bits per heavy atom. The normalized spacial score (nSPS) is 10.8. The van der Waals surface area contributed by atoms with Gasteiger partial charge in [0.05, 0.1) is 5.69 Å². The minimum absolute atomic E-state index is 0.227. The van der Waals surface area contributed by atoms with Crippen LogP contribution in [-0.2, 0) is 0 Å². The van der Waals surface area contributed by atoms with E-state index in [1.165, 1.54) is 6.33 Å². The van der Waals surface area contributed by atoms with E-state index >= 15 is 0 Å². The van der Waals surface area contributed by atoms with Crippen LogP contribution in [0, 0.1) is 6.92 Å². The highest BCUT2D eigenvalue weighted by Crippen LogP contribution is 2.22. The fourth-order valence-electron chi connectivity index (χ4n) is 0.902. The molecular weight excluding hydrogens is 224 g/mol. The molecule has 0 N–H and O–H groups in total. The van der Waals surface area contributed by atoms with E-state index in [9.17, 15) is 5.11 Å². The van der Waals surface area contributed by atoms with E-state index in [-0.39, 0.29) is 5.88 Å². The Balaban J connectivity index is 2.94. The van der Waals surface area contributed by atoms with Crippen molar-refractivity contribution in [2.24, 2.45) is 0 Å². The third kappa shape index (κ3) is 0.878. The maximum Gasteiger partial charge on any atom is 0.251 e. The monoisotopic (exact) mass is 227 g/mol. The van der Waals surface area contributed by atoms with Gasteiger partial charge in [0.15, 0.2) is 0 Å². The minimum Gasteiger partial charge on any atom is -0.858 e. The van der Waals surface area contributed by atoms with Crippen molar-refractivity contribution in [2.45, 2.75) is 6.92 Å². The Morgan fingerprint density at radius 1 is 1.58 bits per heavy atom. The summed E-state index contributed by atoms with van der Waals surface area (Å²) in [6, 6.07) is 0. The van der Waals surface area contributed by atoms with Gasteiger partial charge in [0.25, 0.3) is 5.78 Å². The van der Waals surface area contributed by atoms with Crippen LogP contribution in [0.1, 0.15) is 5.69 Å². The number of aryl methyl sites for hydroxylation is 1. The van der Waals surface area contributed by atoms with Crippen molar-refractivity contribution in [1.29, 1.82) is 0 Å². The van der Waals surface area contributed by atoms with E-state index in [1.807, 2.05) is 0 Å². The molecule has 0 aliphatic carbocycles. The molecule has 2 aromatic rings. The topological polar surface area (TPSA) is 66.1 Å². The van der Waals surface area contributed by atoms with E-state index < -0.39 is 0 Å². The number of nitrogens with zero attached hydrogens (tertiary/aromatic N) is 4. The van der Waals surface area contributed by atoms with Crippen molar-refractivity contribution in [2.75, 3.05) is 0 Å². The van der Waals surface area contributed by atoms with Crippen LogP contribution in [0.15, 0.2) is 10.8 Å². The molecule has 0 aliphatic rings. The number of aromatic nitrogens is 4. The zero-order chi connectivity index (χ0) is 8.72. The van der Waals surface area contributed by atoms with Crippen molar-refractivity contribution in [3.8, 4) is 5.88 Å². The number of halogens is 1. The van der Waals surface area contributed by atoms with Crippen molar-refractivity contribution in [1.82, 2.24) is 19.6 Å². The van der Waals surface area contributed by atoms with E-state index in [1.54, 1.807) is 6.92 Å². The van der Waals surface area contributed by atoms with Crippen LogP contribution in [0.3, 0.4) is 0 Å². The first-order chi connectivity index (χ1) is 5.70. The third-order valence-electron chi connectivity index (χ3n) is 1.50. The Bertz CT molecular complexity index is 438. The standard InChI is InChI=1S/C6H5BrN4O/c1-3-4(7)5(12)11-6(10-3)8-2-9-11/h2,12H,1H3/p-1. The molecule has 0 fully saturated rings. The molecule has 0 radical (unpaired) electrons. The molecule has 2 heterocycles. The molecule has 0 saturated heterocycles. The average Bonchev–Trinajstić information content (AvgIpc) is 2.48. The molecule has 0 spiro atoms. The van der Waals surface area contributed by atoms with Gasteiger partial charge in [-0.3, -0.25) is 0 Å². The summed E-state index contributed by atoms with van der Waals surface area (Å²) in [4.78, 5) is 7.84. The van der Waals surface area contributed by atoms with Crippen LogP contribution >= 0.6 is 15.9 Å². The van der Waals surface area contributed by atoms with Gasteiger partial charge in [0.2, 0.25) is 0 Å². The molecule has 0 atom stereocenters. The molecule has 5 nitrogen and oxygen atoms in total. The van der Waals surface area contributed by atoms with Crippen molar-refractivity contribution in [3.63, 3.8) is 0 Å². The molecule has 0 amide bonds. The molecule has 6 heteroatoms. The molecule has 62 valence electrons. The molecule has 0 aromatic carbocycles. The highest BCUT2D eigenvalue weighted by molar-refractivity contribution is 9.10. The summed E-state index contributed by atoms with van der Waals surface area (Å²) in [5.41, 5.74) is 0.625. The zero-order valence-corrected chi connectivity index (χ0v) is 7.74. The maximum atomic E-state index is 11.4. The highest BCUT2D eigenvalue weighted by Gasteiger charge is 2.03. The lowest BCUT2D eigenvalue weighted by molar-refractivity contribution is -0.278. The maximum absolute atomic E-state index is 11.4. The second kappa shape index (κ2) is 2.41. The highest BCUT2D eigenvalue weighted by atomic mass is 79.9. The summed E-state index contributed by atoms with van der Waals surface area (Å²) in [5.74, 6) is 0.107. The second-order valence-electron chi connectivity index (χ2n) is 2.29. The summed E-state index contributed by atoms with van der Waals surface area (Å²) < 4.78 is 1.58. The Hall–Kier alpha value is -1.17. The van der Waals surface area contributed by atoms with Gasteiger partial charge in [-0.2, -0.15) is 10.1 Å². The van der Waals surface area contributed by atoms with Gasteiger partial charge < -0.3 is 5.11 Å². The van der Waals surface area contributed by atoms with Crippen LogP contribution in [-0.4, -0.2) is 19.6 Å². The smallest absolute Gasteiger partial charge is 0.251 e. The van der Waals surface area contributed by atoms with E-state index in [2.05, 4.69) is 31.0 Å². The lowest BCUT2D eigenvalue weighted by Gasteiger charge is -2.10. The lowest BCUT2D eigenvalue weighted by atomic mass is 10.4. The first kappa shape index (κ1) is 7.48. The Labute approximate surface area is 76.2 Å². The first-order valence-corrected chi connectivity index (χ1v) is 4.02. The summed E-state index contributed by atoms with van der Waals surface area (Å²) in [6.07, 6.45) is 1.30. The van der Waals surface area contributed by atoms with Crippen LogP contribution in [0.2, 0.25) is 0 Å². The number of rotatable bonds is 0. The quantitative estimate of drug-likeness (QED) is 0.649. The lowest BCUT2D eigenvalue weighted by Crippen LogP contribution is -2.05. The summed E-state index contributed by atoms with van der Waals surface area (Å²) in [7, 11) is 0. The molecule has 0 unspecified atom stereocenters. The zero-order valence-electron chi connectivity index (χ0n) is 6.15. The second-order valence-corrected chi connectivity index (χ2v) is 3.08. The molecule has 12 heavy (non-hydrogen) atoms. The van der Waals surface area contributed by atoms with Gasteiger partial charge in [0, 0.05) is 10.4 Å². The predicted octanol–water partition coefficient (Wildman–Crippen LogP) is 0.269. The summed E-state index contributed by atoms with van der Waals surface area (Å²) in [5, 5.41) is 15.1. The Kier molecular flexibility index (Phi) is 1.50. The molecule has 2 rings (SSSR count). The molecular formula is C6H4BrN4O-. The van der Waals surface area contributed by atoms with Crippen LogP contribution < -0.4 is 5.11 Å². The van der Waals surface area contributed by atoms with Gasteiger partial charge in [-0.05, 0) is 22.9 Å². The van der Waals surface area contributed by atoms with E-state index in [0.29, 0.717) is 15.9 Å². The predicted molar refractivity (Wildman–Crippen MR) is 42.7 cm³/mol. The SMILES string of the molecule is Cc1nc2ncnn2c([O-])c1Br. The van der Waals surface area contributed by atoms with Crippen LogP contribution in [0.4, 0.5) is 0 Å². The van der Waals surface area contributed by atoms with Crippen LogP contribution in [0.25, 0.3) is 5.78 Å². The largest absolute Gasteiger partial charge is 0.858 e. The van der Waals surface area contributed by atoms with Gasteiger partial charge >= 0.3 is 0 Å². The fraction of sp³-hybridized carbons (Fsp3) is 0.167. The van der Waals surface area contributed by atoms with Crippen LogP contribution in [0.5, 0.6) is 5.88 Å². The van der Waals surface area contributed by atoms with Gasteiger partial charge in [0.1, 0.15) is 6.33 Å². The molecule has 0 aliphatic heterocycles. The number of fused-ring (bicyclic) bond motifs is 1. The molecule has 2 aromatic heterocycles. The fourth-order valence-corrected chi connectivity index (χ4v) is 1.16. The number of hydrogen-bond acceptors (Lipinski definition) is 4. The minimum atomic E-state index is -0.227. The van der Waals surface area contributed by atoms with Crippen molar-refractivity contribution in [3.05, 3.63) is 16.5 Å². The van der Waals surface area contributed by atoms with E-state index in [4.69, 9.17) is 0 Å². The first-order valence-electron chi connectivity index (χ1n) is 3.23. The van der Waals surface area contributed by atoms with E-state index in [0.717, 1.165) is 4.52 Å². The van der Waals surface area contributed by atoms with Gasteiger partial charge in [-0.1, -0.05) is 0 Å². The van der Waals surface area contributed by atoms with Crippen molar-refractivity contribution < 1.29 is 5.11 Å². The third-order valence-corrected chi connectivity index (χ3v) is 2.41. The Morgan fingerprint density at radius 2 is 2.33 bits per heavy atom. The summed E-state index contributed by atoms with van der Waals surface area (Å²) >= 11 is 3.12.